The first-order valence-electron chi connectivity index (χ1n) is 9.35. The van der Waals surface area contributed by atoms with E-state index in [0.29, 0.717) is 19.6 Å². The van der Waals surface area contributed by atoms with E-state index in [-0.39, 0.29) is 11.4 Å². The maximum Gasteiger partial charge on any atom is 0.184 e. The van der Waals surface area contributed by atoms with Gasteiger partial charge in [-0.15, -0.1) is 0 Å². The molecule has 0 amide bonds. The molecule has 4 unspecified atom stereocenters. The van der Waals surface area contributed by atoms with E-state index in [1.165, 1.54) is 0 Å². The molecule has 5 nitrogen and oxygen atoms in total. The quantitative estimate of drug-likeness (QED) is 0.781. The van der Waals surface area contributed by atoms with Crippen molar-refractivity contribution in [2.45, 2.75) is 41.3 Å². The summed E-state index contributed by atoms with van der Waals surface area (Å²) < 4.78 is 36.6. The van der Waals surface area contributed by atoms with Crippen molar-refractivity contribution in [1.82, 2.24) is 0 Å². The molecule has 0 radical (unpaired) electrons. The summed E-state index contributed by atoms with van der Waals surface area (Å²) in [6.07, 6.45) is 2.05. The summed E-state index contributed by atoms with van der Waals surface area (Å²) in [4.78, 5) is 0.737. The van der Waals surface area contributed by atoms with Crippen molar-refractivity contribution in [3.05, 3.63) is 60.7 Å². The van der Waals surface area contributed by atoms with E-state index in [4.69, 9.17) is 14.2 Å². The van der Waals surface area contributed by atoms with Gasteiger partial charge in [-0.2, -0.15) is 0 Å². The van der Waals surface area contributed by atoms with E-state index in [1.54, 1.807) is 7.05 Å². The fraction of sp³-hybridized carbons (Fsp3) is 0.429. The Balaban J connectivity index is 1.60. The van der Waals surface area contributed by atoms with Gasteiger partial charge in [-0.05, 0) is 37.1 Å². The minimum Gasteiger partial charge on any atom is -0.491 e. The van der Waals surface area contributed by atoms with Gasteiger partial charge in [0.25, 0.3) is 0 Å². The van der Waals surface area contributed by atoms with Crippen molar-refractivity contribution in [2.75, 3.05) is 20.3 Å². The van der Waals surface area contributed by atoms with E-state index < -0.39 is 15.5 Å². The lowest BCUT2D eigenvalue weighted by atomic mass is 10.1. The lowest BCUT2D eigenvalue weighted by molar-refractivity contribution is -0.200. The van der Waals surface area contributed by atoms with Crippen molar-refractivity contribution in [2.24, 2.45) is 4.36 Å². The molecule has 2 saturated heterocycles. The predicted octanol–water partition coefficient (Wildman–Crippen LogP) is 3.89. The Morgan fingerprint density at radius 2 is 1.85 bits per heavy atom. The number of ether oxygens (including phenoxy) is 3. The van der Waals surface area contributed by atoms with Gasteiger partial charge in [-0.25, -0.2) is 8.57 Å². The number of hydrogen-bond donors (Lipinski definition) is 0. The molecular weight excluding hydrogens is 362 g/mol. The molecule has 2 aromatic rings. The third kappa shape index (κ3) is 3.49. The zero-order valence-electron chi connectivity index (χ0n) is 15.5. The van der Waals surface area contributed by atoms with Gasteiger partial charge in [0.05, 0.1) is 22.4 Å². The van der Waals surface area contributed by atoms with Gasteiger partial charge in [0, 0.05) is 18.4 Å². The topological polar surface area (TPSA) is 57.1 Å². The third-order valence-corrected chi connectivity index (χ3v) is 8.08. The highest BCUT2D eigenvalue weighted by atomic mass is 32.2. The summed E-state index contributed by atoms with van der Waals surface area (Å²) in [6, 6.07) is 19.1. The summed E-state index contributed by atoms with van der Waals surface area (Å²) in [5, 5.41) is -0.315. The number of nitrogens with zero attached hydrogens (tertiary/aromatic N) is 1. The van der Waals surface area contributed by atoms with E-state index in [2.05, 4.69) is 4.36 Å². The molecule has 0 bridgehead atoms. The largest absolute Gasteiger partial charge is 0.491 e. The zero-order valence-corrected chi connectivity index (χ0v) is 16.3. The standard InChI is InChI=1S/C21H25NO4S/c1-22-27(23,19-11-6-3-7-12-19)20-15-18(26-21(20)13-8-14-25-21)16-24-17-9-4-2-5-10-17/h2-7,9-12,18,20H,8,13-16H2,1H3. The fourth-order valence-corrected chi connectivity index (χ4v) is 6.55. The number of rotatable bonds is 5. The first-order valence-corrected chi connectivity index (χ1v) is 10.9. The average Bonchev–Trinajstić information content (AvgIpc) is 3.35. The van der Waals surface area contributed by atoms with Crippen molar-refractivity contribution >= 4 is 9.73 Å². The maximum atomic E-state index is 14.0. The van der Waals surface area contributed by atoms with Crippen LogP contribution in [0, 0.1) is 0 Å². The van der Waals surface area contributed by atoms with Gasteiger partial charge in [-0.3, -0.25) is 0 Å². The highest BCUT2D eigenvalue weighted by Gasteiger charge is 2.56. The van der Waals surface area contributed by atoms with Gasteiger partial charge < -0.3 is 14.2 Å². The monoisotopic (exact) mass is 387 g/mol. The number of hydrogen-bond acceptors (Lipinski definition) is 5. The van der Waals surface area contributed by atoms with Crippen LogP contribution in [0.5, 0.6) is 5.75 Å². The maximum absolute atomic E-state index is 14.0. The minimum absolute atomic E-state index is 0.181. The molecule has 2 aliphatic rings. The van der Waals surface area contributed by atoms with Crippen molar-refractivity contribution in [3.8, 4) is 5.75 Å². The molecular formula is C21H25NO4S. The Kier molecular flexibility index (Phi) is 5.21. The summed E-state index contributed by atoms with van der Waals surface area (Å²) >= 11 is 0. The van der Waals surface area contributed by atoms with Gasteiger partial charge in [0.1, 0.15) is 17.6 Å². The van der Waals surface area contributed by atoms with Crippen LogP contribution in [0.1, 0.15) is 19.3 Å². The lowest BCUT2D eigenvalue weighted by Gasteiger charge is -2.31. The fourth-order valence-electron chi connectivity index (χ4n) is 4.00. The molecule has 0 aliphatic carbocycles. The van der Waals surface area contributed by atoms with E-state index in [1.807, 2.05) is 60.7 Å². The van der Waals surface area contributed by atoms with Crippen LogP contribution in [-0.2, 0) is 19.2 Å². The summed E-state index contributed by atoms with van der Waals surface area (Å²) in [5.74, 6) is -0.0353. The molecule has 1 spiro atoms. The van der Waals surface area contributed by atoms with Crippen LogP contribution < -0.4 is 4.74 Å². The van der Waals surface area contributed by atoms with Crippen LogP contribution in [0.4, 0.5) is 0 Å². The second kappa shape index (κ2) is 7.62. The second-order valence-electron chi connectivity index (χ2n) is 6.92. The van der Waals surface area contributed by atoms with E-state index in [0.717, 1.165) is 23.5 Å². The van der Waals surface area contributed by atoms with Crippen LogP contribution in [-0.4, -0.2) is 41.6 Å². The Morgan fingerprint density at radius 3 is 2.48 bits per heavy atom. The molecule has 0 saturated carbocycles. The van der Waals surface area contributed by atoms with Gasteiger partial charge in [-0.1, -0.05) is 36.4 Å². The Bertz CT molecular complexity index is 872. The van der Waals surface area contributed by atoms with Crippen molar-refractivity contribution < 1.29 is 18.4 Å². The molecule has 0 aromatic heterocycles. The summed E-state index contributed by atoms with van der Waals surface area (Å²) in [7, 11) is -1.04. The normalized spacial score (nSPS) is 29.5. The number of benzene rings is 2. The SMILES string of the molecule is CN=S(=O)(c1ccccc1)C1CC(COc2ccccc2)OC12CCCO2. The summed E-state index contributed by atoms with van der Waals surface area (Å²) in [6.45, 7) is 1.02. The Morgan fingerprint density at radius 1 is 1.15 bits per heavy atom. The van der Waals surface area contributed by atoms with Crippen molar-refractivity contribution in [1.29, 1.82) is 0 Å². The van der Waals surface area contributed by atoms with Crippen LogP contribution in [0.15, 0.2) is 69.9 Å². The summed E-state index contributed by atoms with van der Waals surface area (Å²) in [5.41, 5.74) is 0. The highest BCUT2D eigenvalue weighted by molar-refractivity contribution is 7.94. The van der Waals surface area contributed by atoms with Crippen LogP contribution >= 0.6 is 0 Å². The second-order valence-corrected chi connectivity index (χ2v) is 9.46. The van der Waals surface area contributed by atoms with E-state index in [9.17, 15) is 4.21 Å². The molecule has 27 heavy (non-hydrogen) atoms. The Labute approximate surface area is 160 Å². The molecule has 2 fully saturated rings. The van der Waals surface area contributed by atoms with Crippen LogP contribution in [0.2, 0.25) is 0 Å². The smallest absolute Gasteiger partial charge is 0.184 e. The van der Waals surface area contributed by atoms with E-state index >= 15 is 0 Å². The molecule has 2 aromatic carbocycles. The molecule has 0 N–H and O–H groups in total. The third-order valence-electron chi connectivity index (χ3n) is 5.27. The molecule has 2 heterocycles. The van der Waals surface area contributed by atoms with Crippen LogP contribution in [0.3, 0.4) is 0 Å². The average molecular weight is 388 g/mol. The lowest BCUT2D eigenvalue weighted by Crippen LogP contribution is -2.43. The molecule has 4 rings (SSSR count). The molecule has 4 atom stereocenters. The Hall–Kier alpha value is -1.89. The minimum atomic E-state index is -2.67. The van der Waals surface area contributed by atoms with Crippen molar-refractivity contribution in [3.63, 3.8) is 0 Å². The van der Waals surface area contributed by atoms with Gasteiger partial charge in [0.2, 0.25) is 0 Å². The zero-order chi connectivity index (χ0) is 18.7. The predicted molar refractivity (Wildman–Crippen MR) is 104 cm³/mol. The molecule has 2 aliphatic heterocycles. The van der Waals surface area contributed by atoms with Gasteiger partial charge >= 0.3 is 0 Å². The number of para-hydroxylation sites is 1. The highest BCUT2D eigenvalue weighted by Crippen LogP contribution is 2.45. The van der Waals surface area contributed by atoms with Gasteiger partial charge in [0.15, 0.2) is 5.79 Å². The van der Waals surface area contributed by atoms with Crippen LogP contribution in [0.25, 0.3) is 0 Å². The first kappa shape index (κ1) is 18.5. The molecule has 6 heteroatoms. The first-order chi connectivity index (χ1) is 13.2. The molecule has 144 valence electrons.